The van der Waals surface area contributed by atoms with Crippen molar-refractivity contribution in [2.75, 3.05) is 0 Å². The van der Waals surface area contributed by atoms with Gasteiger partial charge in [-0.1, -0.05) is 11.6 Å². The summed E-state index contributed by atoms with van der Waals surface area (Å²) in [6.07, 6.45) is 0. The van der Waals surface area contributed by atoms with Crippen LogP contribution < -0.4 is 0 Å². The number of hydrogen-bond acceptors (Lipinski definition) is 3. The average Bonchev–Trinajstić information content (AvgIpc) is 2.42. The van der Waals surface area contributed by atoms with E-state index in [4.69, 9.17) is 23.4 Å². The van der Waals surface area contributed by atoms with Crippen molar-refractivity contribution in [3.63, 3.8) is 0 Å². The number of phenols is 2. The maximum Gasteiger partial charge on any atom is 0.176 e. The molecule has 1 aromatic rings. The van der Waals surface area contributed by atoms with Crippen molar-refractivity contribution >= 4 is 23.4 Å². The summed E-state index contributed by atoms with van der Waals surface area (Å²) >= 11 is 11.6. The number of phenolic OH excluding ortho intramolecular Hbond substituents is 2. The highest BCUT2D eigenvalue weighted by Crippen LogP contribution is 2.41. The van der Waals surface area contributed by atoms with E-state index in [0.29, 0.717) is 13.1 Å². The first-order chi connectivity index (χ1) is 6.09. The third kappa shape index (κ3) is 1.33. The van der Waals surface area contributed by atoms with Gasteiger partial charge in [-0.3, -0.25) is 0 Å². The molecule has 5 heteroatoms. The van der Waals surface area contributed by atoms with Gasteiger partial charge in [0, 0.05) is 13.1 Å². The standard InChI is InChI=1S/C8H7Cl2NO2/c9-7-5-3-11(10)2-4(5)1-6(12)8(7)13/h1,12-13H,2-3H2. The summed E-state index contributed by atoms with van der Waals surface area (Å²) in [5.74, 6) is -0.469. The van der Waals surface area contributed by atoms with E-state index >= 15 is 0 Å². The average molecular weight is 220 g/mol. The number of nitrogens with zero attached hydrogens (tertiary/aromatic N) is 1. The van der Waals surface area contributed by atoms with Crippen LogP contribution >= 0.6 is 23.4 Å². The summed E-state index contributed by atoms with van der Waals surface area (Å²) in [4.78, 5) is 0. The van der Waals surface area contributed by atoms with Gasteiger partial charge in [-0.2, -0.15) is 0 Å². The molecular formula is C8H7Cl2NO2. The molecule has 1 aromatic carbocycles. The molecule has 1 aliphatic rings. The zero-order chi connectivity index (χ0) is 9.59. The van der Waals surface area contributed by atoms with Gasteiger partial charge in [0.1, 0.15) is 0 Å². The zero-order valence-corrected chi connectivity index (χ0v) is 8.10. The summed E-state index contributed by atoms with van der Waals surface area (Å²) < 4.78 is 1.54. The van der Waals surface area contributed by atoms with Crippen LogP contribution in [0.3, 0.4) is 0 Å². The Morgan fingerprint density at radius 2 is 2.00 bits per heavy atom. The van der Waals surface area contributed by atoms with Crippen molar-refractivity contribution in [1.82, 2.24) is 4.42 Å². The third-order valence-electron chi connectivity index (χ3n) is 2.09. The van der Waals surface area contributed by atoms with Crippen LogP contribution in [0.4, 0.5) is 0 Å². The van der Waals surface area contributed by atoms with E-state index in [0.717, 1.165) is 11.1 Å². The van der Waals surface area contributed by atoms with E-state index < -0.39 is 0 Å². The van der Waals surface area contributed by atoms with Crippen LogP contribution in [0.5, 0.6) is 11.5 Å². The SMILES string of the molecule is Oc1cc2c(c(Cl)c1O)CN(Cl)C2. The largest absolute Gasteiger partial charge is 0.504 e. The fraction of sp³-hybridized carbons (Fsp3) is 0.250. The maximum atomic E-state index is 9.31. The predicted molar refractivity (Wildman–Crippen MR) is 49.9 cm³/mol. The summed E-state index contributed by atoms with van der Waals surface area (Å²) in [6.45, 7) is 1.02. The van der Waals surface area contributed by atoms with E-state index in [2.05, 4.69) is 0 Å². The summed E-state index contributed by atoms with van der Waals surface area (Å²) in [5, 5.41) is 18.8. The van der Waals surface area contributed by atoms with Crippen molar-refractivity contribution in [3.8, 4) is 11.5 Å². The molecule has 3 nitrogen and oxygen atoms in total. The second kappa shape index (κ2) is 2.94. The van der Waals surface area contributed by atoms with Gasteiger partial charge in [-0.25, -0.2) is 4.42 Å². The molecular weight excluding hydrogens is 213 g/mol. The minimum Gasteiger partial charge on any atom is -0.504 e. The molecule has 2 rings (SSSR count). The smallest absolute Gasteiger partial charge is 0.176 e. The highest BCUT2D eigenvalue weighted by atomic mass is 35.5. The molecule has 70 valence electrons. The van der Waals surface area contributed by atoms with Crippen LogP contribution in [0.1, 0.15) is 11.1 Å². The van der Waals surface area contributed by atoms with Crippen LogP contribution in [0.15, 0.2) is 6.07 Å². The van der Waals surface area contributed by atoms with Crippen LogP contribution in [-0.2, 0) is 13.1 Å². The van der Waals surface area contributed by atoms with Crippen LogP contribution in [0.2, 0.25) is 5.02 Å². The van der Waals surface area contributed by atoms with Gasteiger partial charge < -0.3 is 10.2 Å². The molecule has 0 spiro atoms. The summed E-state index contributed by atoms with van der Waals surface area (Å²) in [5.41, 5.74) is 1.64. The molecule has 2 N–H and O–H groups in total. The number of aromatic hydroxyl groups is 2. The van der Waals surface area contributed by atoms with E-state index in [1.807, 2.05) is 0 Å². The highest BCUT2D eigenvalue weighted by molar-refractivity contribution is 6.33. The second-order valence-electron chi connectivity index (χ2n) is 2.97. The molecule has 0 aromatic heterocycles. The Hall–Kier alpha value is -0.640. The molecule has 1 heterocycles. The van der Waals surface area contributed by atoms with Crippen molar-refractivity contribution in [3.05, 3.63) is 22.2 Å². The zero-order valence-electron chi connectivity index (χ0n) is 6.59. The van der Waals surface area contributed by atoms with Gasteiger partial charge in [-0.15, -0.1) is 0 Å². The number of fused-ring (bicyclic) bond motifs is 1. The first kappa shape index (κ1) is 8.94. The van der Waals surface area contributed by atoms with E-state index in [-0.39, 0.29) is 16.5 Å². The monoisotopic (exact) mass is 219 g/mol. The molecule has 0 fully saturated rings. The fourth-order valence-corrected chi connectivity index (χ4v) is 1.97. The molecule has 0 saturated carbocycles. The molecule has 0 bridgehead atoms. The molecule has 0 atom stereocenters. The lowest BCUT2D eigenvalue weighted by molar-refractivity contribution is 0.403. The molecule has 1 aliphatic heterocycles. The molecule has 0 radical (unpaired) electrons. The Bertz CT molecular complexity index is 368. The second-order valence-corrected chi connectivity index (χ2v) is 3.83. The number of hydrogen-bond donors (Lipinski definition) is 2. The van der Waals surface area contributed by atoms with E-state index in [1.54, 1.807) is 0 Å². The lowest BCUT2D eigenvalue weighted by Crippen LogP contribution is -1.99. The quantitative estimate of drug-likeness (QED) is 0.520. The maximum absolute atomic E-state index is 9.31. The first-order valence-corrected chi connectivity index (χ1v) is 4.44. The number of rotatable bonds is 0. The first-order valence-electron chi connectivity index (χ1n) is 3.72. The normalized spacial score (nSPS) is 16.2. The summed E-state index contributed by atoms with van der Waals surface area (Å²) in [6, 6.07) is 1.49. The van der Waals surface area contributed by atoms with Gasteiger partial charge in [0.05, 0.1) is 5.02 Å². The Morgan fingerprint density at radius 1 is 1.31 bits per heavy atom. The minimum atomic E-state index is -0.271. The van der Waals surface area contributed by atoms with Crippen LogP contribution in [0.25, 0.3) is 0 Å². The number of benzene rings is 1. The van der Waals surface area contributed by atoms with Gasteiger partial charge in [0.2, 0.25) is 0 Å². The van der Waals surface area contributed by atoms with Crippen molar-refractivity contribution in [2.24, 2.45) is 0 Å². The Morgan fingerprint density at radius 3 is 2.69 bits per heavy atom. The van der Waals surface area contributed by atoms with Gasteiger partial charge in [0.25, 0.3) is 0 Å². The Balaban J connectivity index is 2.60. The van der Waals surface area contributed by atoms with Gasteiger partial charge >= 0.3 is 0 Å². The number of halogens is 2. The van der Waals surface area contributed by atoms with E-state index in [1.165, 1.54) is 10.5 Å². The van der Waals surface area contributed by atoms with Gasteiger partial charge in [-0.05, 0) is 29.0 Å². The molecule has 0 unspecified atom stereocenters. The fourth-order valence-electron chi connectivity index (χ4n) is 1.44. The summed E-state index contributed by atoms with van der Waals surface area (Å²) in [7, 11) is 0. The lowest BCUT2D eigenvalue weighted by atomic mass is 10.1. The Labute approximate surface area is 85.2 Å². The third-order valence-corrected chi connectivity index (χ3v) is 2.73. The van der Waals surface area contributed by atoms with Crippen molar-refractivity contribution < 1.29 is 10.2 Å². The predicted octanol–water partition coefficient (Wildman–Crippen LogP) is 2.22. The molecule has 0 saturated heterocycles. The van der Waals surface area contributed by atoms with Crippen molar-refractivity contribution in [2.45, 2.75) is 13.1 Å². The lowest BCUT2D eigenvalue weighted by Gasteiger charge is -2.05. The minimum absolute atomic E-state index is 0.193. The van der Waals surface area contributed by atoms with Gasteiger partial charge in [0.15, 0.2) is 11.5 Å². The van der Waals surface area contributed by atoms with Crippen LogP contribution in [-0.4, -0.2) is 14.6 Å². The Kier molecular flexibility index (Phi) is 2.02. The highest BCUT2D eigenvalue weighted by Gasteiger charge is 2.23. The van der Waals surface area contributed by atoms with Crippen molar-refractivity contribution in [1.29, 1.82) is 0 Å². The molecule has 13 heavy (non-hydrogen) atoms. The topological polar surface area (TPSA) is 43.7 Å². The molecule has 0 aliphatic carbocycles. The van der Waals surface area contributed by atoms with E-state index in [9.17, 15) is 10.2 Å². The van der Waals surface area contributed by atoms with Crippen LogP contribution in [0, 0.1) is 0 Å². The molecule has 0 amide bonds.